The number of aryl methyl sites for hydroxylation is 2. The average Bonchev–Trinajstić information content (AvgIpc) is 2.96. The quantitative estimate of drug-likeness (QED) is 0.137. The molecule has 0 spiro atoms. The molecule has 3 aromatic carbocycles. The zero-order chi connectivity index (χ0) is 28.5. The van der Waals surface area contributed by atoms with Gasteiger partial charge in [0.15, 0.2) is 21.3 Å². The maximum atomic E-state index is 12.8. The van der Waals surface area contributed by atoms with Crippen LogP contribution in [0.2, 0.25) is 0 Å². The van der Waals surface area contributed by atoms with Crippen LogP contribution in [-0.2, 0) is 29.9 Å². The molecule has 0 aliphatic heterocycles. The second kappa shape index (κ2) is 11.8. The van der Waals surface area contributed by atoms with E-state index >= 15 is 0 Å². The predicted molar refractivity (Wildman–Crippen MR) is 160 cm³/mol. The highest BCUT2D eigenvalue weighted by atomic mass is 32.2. The van der Waals surface area contributed by atoms with Gasteiger partial charge in [-0.25, -0.2) is 4.79 Å². The van der Waals surface area contributed by atoms with Crippen molar-refractivity contribution in [2.75, 3.05) is 27.1 Å². The summed E-state index contributed by atoms with van der Waals surface area (Å²) in [7, 11) is 1.45. The van der Waals surface area contributed by atoms with Crippen LogP contribution >= 0.6 is 0 Å². The summed E-state index contributed by atoms with van der Waals surface area (Å²) >= 11 is 0. The number of hydrogen-bond donors (Lipinski definition) is 0. The van der Waals surface area contributed by atoms with E-state index in [4.69, 9.17) is 18.9 Å². The molecule has 0 radical (unpaired) electrons. The lowest BCUT2D eigenvalue weighted by atomic mass is 9.48. The molecular weight excluding hydrogens is 532 g/mol. The first-order valence-corrected chi connectivity index (χ1v) is 16.0. The van der Waals surface area contributed by atoms with E-state index in [9.17, 15) is 4.79 Å². The van der Waals surface area contributed by atoms with Crippen LogP contribution in [0.15, 0.2) is 87.5 Å². The fourth-order valence-corrected chi connectivity index (χ4v) is 9.77. The molecule has 0 heterocycles. The Morgan fingerprint density at radius 2 is 1.34 bits per heavy atom. The minimum Gasteiger partial charge on any atom is -0.482 e. The predicted octanol–water partition coefficient (Wildman–Crippen LogP) is 7.28. The van der Waals surface area contributed by atoms with Crippen LogP contribution < -0.4 is 4.74 Å². The smallest absolute Gasteiger partial charge is 0.344 e. The van der Waals surface area contributed by atoms with Crippen LogP contribution in [0.4, 0.5) is 0 Å². The van der Waals surface area contributed by atoms with Crippen molar-refractivity contribution >= 4 is 16.9 Å². The van der Waals surface area contributed by atoms with E-state index < -0.39 is 0 Å². The Morgan fingerprint density at radius 1 is 0.805 bits per heavy atom. The third-order valence-electron chi connectivity index (χ3n) is 9.08. The number of methoxy groups -OCH3 is 1. The second-order valence-corrected chi connectivity index (χ2v) is 14.6. The van der Waals surface area contributed by atoms with Crippen LogP contribution in [-0.4, -0.2) is 38.7 Å². The van der Waals surface area contributed by atoms with Crippen molar-refractivity contribution in [1.29, 1.82) is 0 Å². The zero-order valence-corrected chi connectivity index (χ0v) is 25.2. The fourth-order valence-electron chi connectivity index (χ4n) is 7.73. The minimum absolute atomic E-state index is 0.0248. The topological polar surface area (TPSA) is 54.0 Å². The molecule has 4 aliphatic rings. The summed E-state index contributed by atoms with van der Waals surface area (Å²) in [6.45, 7) is 4.92. The van der Waals surface area contributed by atoms with Gasteiger partial charge in [0.1, 0.15) is 12.5 Å². The van der Waals surface area contributed by atoms with Crippen LogP contribution in [0, 0.1) is 31.1 Å². The van der Waals surface area contributed by atoms with E-state index in [-0.39, 0.29) is 34.5 Å². The monoisotopic (exact) mass is 573 g/mol. The number of rotatable bonds is 11. The number of ether oxygens (including phenoxy) is 4. The van der Waals surface area contributed by atoms with Crippen molar-refractivity contribution in [3.05, 3.63) is 83.9 Å². The largest absolute Gasteiger partial charge is 0.482 e. The lowest BCUT2D eigenvalue weighted by Crippen LogP contribution is -2.58. The molecule has 0 aromatic heterocycles. The summed E-state index contributed by atoms with van der Waals surface area (Å²) < 4.78 is 23.2. The summed E-state index contributed by atoms with van der Waals surface area (Å²) in [6, 6.07) is 25.7. The Labute approximate surface area is 246 Å². The lowest BCUT2D eigenvalue weighted by Gasteiger charge is -2.61. The number of esters is 1. The Morgan fingerprint density at radius 3 is 1.88 bits per heavy atom. The maximum Gasteiger partial charge on any atom is 0.344 e. The van der Waals surface area contributed by atoms with Crippen LogP contribution in [0.1, 0.15) is 49.7 Å². The van der Waals surface area contributed by atoms with Gasteiger partial charge >= 0.3 is 5.97 Å². The van der Waals surface area contributed by atoms with Gasteiger partial charge in [-0.05, 0) is 113 Å². The van der Waals surface area contributed by atoms with E-state index in [1.54, 1.807) is 7.11 Å². The van der Waals surface area contributed by atoms with Crippen molar-refractivity contribution in [1.82, 2.24) is 0 Å². The SMILES string of the molecule is COCOC12CC3CC(CC(COC(=O)COc4ccc([S+](c5ccc(C)cc5)c5ccc(C)cc5)cc4)(C3)C1)C2. The van der Waals surface area contributed by atoms with Crippen LogP contribution in [0.25, 0.3) is 0 Å². The van der Waals surface area contributed by atoms with Crippen molar-refractivity contribution in [3.63, 3.8) is 0 Å². The first-order valence-electron chi connectivity index (χ1n) is 14.7. The Hall–Kier alpha value is -2.80. The maximum absolute atomic E-state index is 12.8. The summed E-state index contributed by atoms with van der Waals surface area (Å²) in [5.74, 6) is 1.68. The number of carbonyl (C=O) groups excluding carboxylic acids is 1. The van der Waals surface area contributed by atoms with E-state index in [1.807, 2.05) is 12.1 Å². The molecule has 216 valence electrons. The Kier molecular flexibility index (Phi) is 8.17. The number of hydrogen-bond acceptors (Lipinski definition) is 5. The number of benzene rings is 3. The van der Waals surface area contributed by atoms with Gasteiger partial charge in [0.05, 0.1) is 23.1 Å². The first-order chi connectivity index (χ1) is 19.8. The first kappa shape index (κ1) is 28.3. The van der Waals surface area contributed by atoms with Gasteiger partial charge < -0.3 is 18.9 Å². The molecule has 0 amide bonds. The van der Waals surface area contributed by atoms with E-state index in [0.717, 1.165) is 32.1 Å². The van der Waals surface area contributed by atoms with Crippen LogP contribution in [0.3, 0.4) is 0 Å². The third-order valence-corrected chi connectivity index (χ3v) is 11.3. The average molecular weight is 574 g/mol. The lowest BCUT2D eigenvalue weighted by molar-refractivity contribution is -0.233. The highest BCUT2D eigenvalue weighted by Gasteiger charge is 2.58. The summed E-state index contributed by atoms with van der Waals surface area (Å²) in [4.78, 5) is 16.5. The molecule has 2 unspecified atom stereocenters. The third kappa shape index (κ3) is 6.35. The zero-order valence-electron chi connectivity index (χ0n) is 24.4. The molecule has 4 fully saturated rings. The van der Waals surface area contributed by atoms with Crippen LogP contribution in [0.5, 0.6) is 5.75 Å². The Bertz CT molecular complexity index is 1270. The van der Waals surface area contributed by atoms with Gasteiger partial charge in [0.25, 0.3) is 0 Å². The van der Waals surface area contributed by atoms with Gasteiger partial charge in [-0.15, -0.1) is 0 Å². The van der Waals surface area contributed by atoms with E-state index in [0.29, 0.717) is 31.0 Å². The molecule has 7 rings (SSSR count). The molecule has 41 heavy (non-hydrogen) atoms. The molecule has 0 saturated heterocycles. The molecule has 6 heteroatoms. The molecule has 4 saturated carbocycles. The van der Waals surface area contributed by atoms with Gasteiger partial charge in [-0.3, -0.25) is 0 Å². The van der Waals surface area contributed by atoms with Crippen molar-refractivity contribution in [2.24, 2.45) is 17.3 Å². The summed E-state index contributed by atoms with van der Waals surface area (Å²) in [5.41, 5.74) is 2.41. The van der Waals surface area contributed by atoms with Crippen molar-refractivity contribution in [3.8, 4) is 5.75 Å². The molecular formula is C35H41O5S+. The molecule has 4 aliphatic carbocycles. The van der Waals surface area contributed by atoms with Crippen molar-refractivity contribution in [2.45, 2.75) is 72.7 Å². The normalized spacial score (nSPS) is 26.3. The second-order valence-electron chi connectivity index (χ2n) is 12.5. The Balaban J connectivity index is 1.07. The highest BCUT2D eigenvalue weighted by Crippen LogP contribution is 2.62. The minimum atomic E-state index is -0.309. The standard InChI is InChI=1S/C35H41O5S/c1-25-4-10-30(11-5-25)41(31-12-6-26(2)7-13-31)32-14-8-29(9-15-32)38-21-33(36)39-23-34-17-27-16-28(18-34)20-35(19-27,22-34)40-24-37-3/h4-15,27-28H,16-24H2,1-3H3/q+1. The molecule has 2 atom stereocenters. The summed E-state index contributed by atoms with van der Waals surface area (Å²) in [5, 5.41) is 0. The highest BCUT2D eigenvalue weighted by molar-refractivity contribution is 7.97. The van der Waals surface area contributed by atoms with E-state index in [1.165, 1.54) is 32.2 Å². The molecule has 4 bridgehead atoms. The van der Waals surface area contributed by atoms with Crippen molar-refractivity contribution < 1.29 is 23.7 Å². The van der Waals surface area contributed by atoms with Gasteiger partial charge in [-0.1, -0.05) is 35.4 Å². The van der Waals surface area contributed by atoms with Gasteiger partial charge in [0.2, 0.25) is 0 Å². The molecule has 5 nitrogen and oxygen atoms in total. The van der Waals surface area contributed by atoms with Gasteiger partial charge in [0, 0.05) is 12.5 Å². The number of carbonyl (C=O) groups is 1. The van der Waals surface area contributed by atoms with E-state index in [2.05, 4.69) is 74.5 Å². The van der Waals surface area contributed by atoms with Gasteiger partial charge in [-0.2, -0.15) is 0 Å². The summed E-state index contributed by atoms with van der Waals surface area (Å²) in [6.07, 6.45) is 6.70. The molecule has 3 aromatic rings. The fraction of sp³-hybridized carbons (Fsp3) is 0.457. The molecule has 0 N–H and O–H groups in total.